The SMILES string of the molecule is O=C(c1cc(I)ccc1Br)c1ccc(F)c2ccccc12. The summed E-state index contributed by atoms with van der Waals surface area (Å²) in [5.41, 5.74) is 1.09. The fraction of sp³-hybridized carbons (Fsp3) is 0. The zero-order valence-electron chi connectivity index (χ0n) is 10.7. The highest BCUT2D eigenvalue weighted by Crippen LogP contribution is 2.27. The first-order valence-corrected chi connectivity index (χ1v) is 8.12. The molecule has 3 aromatic rings. The smallest absolute Gasteiger partial charge is 0.194 e. The van der Waals surface area contributed by atoms with Crippen LogP contribution in [0.15, 0.2) is 59.1 Å². The lowest BCUT2D eigenvalue weighted by Crippen LogP contribution is -2.04. The normalized spacial score (nSPS) is 10.8. The minimum atomic E-state index is -0.316. The Morgan fingerprint density at radius 1 is 0.952 bits per heavy atom. The summed E-state index contributed by atoms with van der Waals surface area (Å²) in [5, 5.41) is 1.10. The van der Waals surface area contributed by atoms with Crippen LogP contribution in [0.4, 0.5) is 4.39 Å². The molecule has 0 unspecified atom stereocenters. The molecule has 0 aliphatic rings. The van der Waals surface area contributed by atoms with Crippen molar-refractivity contribution in [1.82, 2.24) is 0 Å². The van der Waals surface area contributed by atoms with Crippen molar-refractivity contribution >= 4 is 55.1 Å². The van der Waals surface area contributed by atoms with Crippen molar-refractivity contribution in [3.8, 4) is 0 Å². The van der Waals surface area contributed by atoms with Crippen LogP contribution in [0, 0.1) is 9.39 Å². The largest absolute Gasteiger partial charge is 0.289 e. The van der Waals surface area contributed by atoms with E-state index >= 15 is 0 Å². The topological polar surface area (TPSA) is 17.1 Å². The molecule has 0 saturated carbocycles. The van der Waals surface area contributed by atoms with Gasteiger partial charge >= 0.3 is 0 Å². The number of hydrogen-bond donors (Lipinski definition) is 0. The first kappa shape index (κ1) is 14.7. The van der Waals surface area contributed by atoms with Crippen molar-refractivity contribution in [3.63, 3.8) is 0 Å². The molecule has 0 N–H and O–H groups in total. The van der Waals surface area contributed by atoms with Crippen LogP contribution in [0.3, 0.4) is 0 Å². The highest BCUT2D eigenvalue weighted by atomic mass is 127. The summed E-state index contributed by atoms with van der Waals surface area (Å²) >= 11 is 5.57. The van der Waals surface area contributed by atoms with Gasteiger partial charge in [0.05, 0.1) is 0 Å². The maximum atomic E-state index is 13.9. The van der Waals surface area contributed by atoms with Crippen molar-refractivity contribution < 1.29 is 9.18 Å². The Morgan fingerprint density at radius 2 is 1.67 bits per heavy atom. The number of carbonyl (C=O) groups excluding carboxylic acids is 1. The van der Waals surface area contributed by atoms with Gasteiger partial charge in [-0.25, -0.2) is 4.39 Å². The Bertz CT molecular complexity index is 861. The predicted molar refractivity (Wildman–Crippen MR) is 94.2 cm³/mol. The molecule has 104 valence electrons. The van der Waals surface area contributed by atoms with Gasteiger partial charge in [0.2, 0.25) is 0 Å². The van der Waals surface area contributed by atoms with Crippen LogP contribution in [-0.2, 0) is 0 Å². The molecule has 0 radical (unpaired) electrons. The standard InChI is InChI=1S/C17H9BrFIO/c18-15-7-5-10(20)9-14(15)17(21)13-6-8-16(19)12-4-2-1-3-11(12)13/h1-9H. The van der Waals surface area contributed by atoms with Crippen LogP contribution in [0.2, 0.25) is 0 Å². The molecular formula is C17H9BrFIO. The molecule has 0 fully saturated rings. The van der Waals surface area contributed by atoms with Gasteiger partial charge < -0.3 is 0 Å². The number of rotatable bonds is 2. The Kier molecular flexibility index (Phi) is 4.08. The van der Waals surface area contributed by atoms with Crippen molar-refractivity contribution in [2.75, 3.05) is 0 Å². The Hall–Kier alpha value is -1.27. The van der Waals surface area contributed by atoms with Gasteiger partial charge in [-0.2, -0.15) is 0 Å². The summed E-state index contributed by atoms with van der Waals surface area (Å²) in [6.07, 6.45) is 0. The molecule has 3 rings (SSSR count). The summed E-state index contributed by atoms with van der Waals surface area (Å²) in [5.74, 6) is -0.430. The van der Waals surface area contributed by atoms with Crippen LogP contribution in [0.5, 0.6) is 0 Å². The molecule has 0 heterocycles. The third-order valence-corrected chi connectivity index (χ3v) is 4.65. The molecule has 0 aliphatic heterocycles. The van der Waals surface area contributed by atoms with E-state index in [0.717, 1.165) is 8.04 Å². The molecular weight excluding hydrogens is 446 g/mol. The van der Waals surface area contributed by atoms with Crippen LogP contribution >= 0.6 is 38.5 Å². The molecule has 3 aromatic carbocycles. The van der Waals surface area contributed by atoms with E-state index in [-0.39, 0.29) is 11.6 Å². The average Bonchev–Trinajstić information content (AvgIpc) is 2.50. The van der Waals surface area contributed by atoms with Crippen molar-refractivity contribution in [1.29, 1.82) is 0 Å². The van der Waals surface area contributed by atoms with Crippen LogP contribution in [0.25, 0.3) is 10.8 Å². The van der Waals surface area contributed by atoms with Gasteiger partial charge in [0, 0.05) is 24.6 Å². The summed E-state index contributed by atoms with van der Waals surface area (Å²) in [6.45, 7) is 0. The molecule has 1 nitrogen and oxygen atoms in total. The maximum absolute atomic E-state index is 13.9. The van der Waals surface area contributed by atoms with Crippen molar-refractivity contribution in [2.24, 2.45) is 0 Å². The van der Waals surface area contributed by atoms with E-state index in [1.54, 1.807) is 24.3 Å². The average molecular weight is 455 g/mol. The molecule has 0 saturated heterocycles. The van der Waals surface area contributed by atoms with E-state index in [4.69, 9.17) is 0 Å². The highest BCUT2D eigenvalue weighted by Gasteiger charge is 2.16. The lowest BCUT2D eigenvalue weighted by Gasteiger charge is -2.08. The zero-order valence-corrected chi connectivity index (χ0v) is 14.5. The van der Waals surface area contributed by atoms with Gasteiger partial charge in [0.15, 0.2) is 5.78 Å². The Morgan fingerprint density at radius 3 is 2.43 bits per heavy atom. The van der Waals surface area contributed by atoms with Gasteiger partial charge in [-0.1, -0.05) is 40.2 Å². The molecule has 0 spiro atoms. The number of hydrogen-bond acceptors (Lipinski definition) is 1. The predicted octanol–water partition coefficient (Wildman–Crippen LogP) is 5.58. The first-order chi connectivity index (χ1) is 10.1. The second-order valence-corrected chi connectivity index (χ2v) is 6.69. The monoisotopic (exact) mass is 454 g/mol. The fourth-order valence-electron chi connectivity index (χ4n) is 2.28. The van der Waals surface area contributed by atoms with E-state index in [1.165, 1.54) is 6.07 Å². The minimum Gasteiger partial charge on any atom is -0.289 e. The fourth-order valence-corrected chi connectivity index (χ4v) is 3.19. The summed E-state index contributed by atoms with van der Waals surface area (Å²) < 4.78 is 15.6. The van der Waals surface area contributed by atoms with Crippen LogP contribution < -0.4 is 0 Å². The summed E-state index contributed by atoms with van der Waals surface area (Å²) in [7, 11) is 0. The van der Waals surface area contributed by atoms with E-state index in [0.29, 0.717) is 21.9 Å². The maximum Gasteiger partial charge on any atom is 0.194 e. The van der Waals surface area contributed by atoms with E-state index < -0.39 is 0 Å². The zero-order chi connectivity index (χ0) is 15.0. The third kappa shape index (κ3) is 2.74. The second kappa shape index (κ2) is 5.85. The lowest BCUT2D eigenvalue weighted by atomic mass is 9.97. The number of benzene rings is 3. The number of halogens is 3. The molecule has 0 atom stereocenters. The Labute approximate surface area is 143 Å². The lowest BCUT2D eigenvalue weighted by molar-refractivity contribution is 0.103. The minimum absolute atomic E-state index is 0.114. The van der Waals surface area contributed by atoms with Crippen LogP contribution in [-0.4, -0.2) is 5.78 Å². The van der Waals surface area contributed by atoms with Gasteiger partial charge in [-0.15, -0.1) is 0 Å². The molecule has 0 bridgehead atoms. The Balaban J connectivity index is 2.23. The quantitative estimate of drug-likeness (QED) is 0.365. The summed E-state index contributed by atoms with van der Waals surface area (Å²) in [6, 6.07) is 15.5. The molecule has 4 heteroatoms. The van der Waals surface area contributed by atoms with Crippen molar-refractivity contribution in [3.05, 3.63) is 79.6 Å². The molecule has 0 amide bonds. The van der Waals surface area contributed by atoms with Gasteiger partial charge in [0.25, 0.3) is 0 Å². The van der Waals surface area contributed by atoms with E-state index in [9.17, 15) is 9.18 Å². The van der Waals surface area contributed by atoms with Crippen molar-refractivity contribution in [2.45, 2.75) is 0 Å². The van der Waals surface area contributed by atoms with Gasteiger partial charge in [-0.3, -0.25) is 4.79 Å². The summed E-state index contributed by atoms with van der Waals surface area (Å²) in [4.78, 5) is 12.8. The number of ketones is 1. The van der Waals surface area contributed by atoms with Crippen LogP contribution in [0.1, 0.15) is 15.9 Å². The highest BCUT2D eigenvalue weighted by molar-refractivity contribution is 14.1. The third-order valence-electron chi connectivity index (χ3n) is 3.29. The van der Waals surface area contributed by atoms with Gasteiger partial charge in [-0.05, 0) is 58.3 Å². The van der Waals surface area contributed by atoms with E-state index in [2.05, 4.69) is 38.5 Å². The number of carbonyl (C=O) groups is 1. The van der Waals surface area contributed by atoms with Gasteiger partial charge in [0.1, 0.15) is 5.82 Å². The first-order valence-electron chi connectivity index (χ1n) is 6.25. The van der Waals surface area contributed by atoms with E-state index in [1.807, 2.05) is 24.3 Å². The molecule has 0 aromatic heterocycles. The second-order valence-electron chi connectivity index (χ2n) is 4.59. The molecule has 0 aliphatic carbocycles. The molecule has 21 heavy (non-hydrogen) atoms. The number of fused-ring (bicyclic) bond motifs is 1.